The van der Waals surface area contributed by atoms with Crippen LogP contribution in [0, 0.1) is 0 Å². The predicted octanol–water partition coefficient (Wildman–Crippen LogP) is -0.138. The molecule has 2 heterocycles. The molecular weight excluding hydrogens is 218 g/mol. The van der Waals surface area contributed by atoms with Gasteiger partial charge in [-0.3, -0.25) is 0 Å². The van der Waals surface area contributed by atoms with E-state index in [-0.39, 0.29) is 11.7 Å². The van der Waals surface area contributed by atoms with Crippen molar-refractivity contribution in [3.8, 4) is 0 Å². The number of aromatic nitrogens is 2. The van der Waals surface area contributed by atoms with Crippen LogP contribution in [-0.4, -0.2) is 37.9 Å². The SMILES string of the molecule is CC(c1noc(C2CNC2)n1)S(C)(=O)=O. The molecule has 7 heteroatoms. The third kappa shape index (κ3) is 2.03. The summed E-state index contributed by atoms with van der Waals surface area (Å²) in [5, 5.41) is 6.07. The number of rotatable bonds is 3. The second kappa shape index (κ2) is 3.57. The molecular formula is C8H13N3O3S. The zero-order chi connectivity index (χ0) is 11.1. The lowest BCUT2D eigenvalue weighted by Crippen LogP contribution is -2.40. The smallest absolute Gasteiger partial charge is 0.232 e. The van der Waals surface area contributed by atoms with E-state index in [4.69, 9.17) is 4.52 Å². The highest BCUT2D eigenvalue weighted by Crippen LogP contribution is 2.22. The number of sulfone groups is 1. The molecule has 1 fully saturated rings. The topological polar surface area (TPSA) is 85.1 Å². The van der Waals surface area contributed by atoms with E-state index in [0.717, 1.165) is 13.1 Å². The van der Waals surface area contributed by atoms with Crippen molar-refractivity contribution in [2.24, 2.45) is 0 Å². The van der Waals surface area contributed by atoms with Crippen molar-refractivity contribution >= 4 is 9.84 Å². The Balaban J connectivity index is 2.19. The van der Waals surface area contributed by atoms with Crippen LogP contribution in [0.15, 0.2) is 4.52 Å². The van der Waals surface area contributed by atoms with Crippen LogP contribution in [0.4, 0.5) is 0 Å². The zero-order valence-corrected chi connectivity index (χ0v) is 9.41. The van der Waals surface area contributed by atoms with Gasteiger partial charge in [0.05, 0.1) is 5.92 Å². The zero-order valence-electron chi connectivity index (χ0n) is 8.60. The molecule has 84 valence electrons. The number of nitrogens with zero attached hydrogens (tertiary/aromatic N) is 2. The summed E-state index contributed by atoms with van der Waals surface area (Å²) < 4.78 is 27.5. The summed E-state index contributed by atoms with van der Waals surface area (Å²) in [6.45, 7) is 3.19. The van der Waals surface area contributed by atoms with Crippen LogP contribution in [0.5, 0.6) is 0 Å². The van der Waals surface area contributed by atoms with Crippen LogP contribution in [-0.2, 0) is 9.84 Å². The monoisotopic (exact) mass is 231 g/mol. The fourth-order valence-corrected chi connectivity index (χ4v) is 1.71. The molecule has 0 bridgehead atoms. The number of hydrogen-bond acceptors (Lipinski definition) is 6. The van der Waals surface area contributed by atoms with Gasteiger partial charge in [-0.05, 0) is 6.92 Å². The molecule has 2 rings (SSSR count). The molecule has 1 atom stereocenters. The Kier molecular flexibility index (Phi) is 2.51. The van der Waals surface area contributed by atoms with Gasteiger partial charge in [-0.25, -0.2) is 8.42 Å². The first-order valence-corrected chi connectivity index (χ1v) is 6.67. The minimum Gasteiger partial charge on any atom is -0.339 e. The first kappa shape index (κ1) is 10.6. The first-order chi connectivity index (χ1) is 6.98. The highest BCUT2D eigenvalue weighted by Gasteiger charge is 2.28. The van der Waals surface area contributed by atoms with E-state index in [1.165, 1.54) is 6.26 Å². The maximum atomic E-state index is 11.3. The van der Waals surface area contributed by atoms with E-state index in [1.54, 1.807) is 6.92 Å². The average Bonchev–Trinajstić information content (AvgIpc) is 2.47. The van der Waals surface area contributed by atoms with Gasteiger partial charge < -0.3 is 9.84 Å². The lowest BCUT2D eigenvalue weighted by molar-refractivity contribution is 0.306. The molecule has 1 N–H and O–H groups in total. The van der Waals surface area contributed by atoms with E-state index in [2.05, 4.69) is 15.5 Å². The van der Waals surface area contributed by atoms with Crippen molar-refractivity contribution in [2.45, 2.75) is 18.1 Å². The van der Waals surface area contributed by atoms with Crippen LogP contribution in [0.25, 0.3) is 0 Å². The van der Waals surface area contributed by atoms with Crippen LogP contribution in [0.1, 0.15) is 29.8 Å². The van der Waals surface area contributed by atoms with Gasteiger partial charge in [0.15, 0.2) is 15.7 Å². The van der Waals surface area contributed by atoms with E-state index < -0.39 is 15.1 Å². The second-order valence-electron chi connectivity index (χ2n) is 3.82. The third-order valence-electron chi connectivity index (χ3n) is 2.59. The van der Waals surface area contributed by atoms with Crippen molar-refractivity contribution < 1.29 is 12.9 Å². The minimum atomic E-state index is -3.16. The van der Waals surface area contributed by atoms with Crippen LogP contribution < -0.4 is 5.32 Å². The summed E-state index contributed by atoms with van der Waals surface area (Å²) in [5.74, 6) is 1.01. The fraction of sp³-hybridized carbons (Fsp3) is 0.750. The van der Waals surface area contributed by atoms with Gasteiger partial charge in [0, 0.05) is 19.3 Å². The third-order valence-corrected chi connectivity index (χ3v) is 4.09. The maximum Gasteiger partial charge on any atom is 0.232 e. The van der Waals surface area contributed by atoms with Gasteiger partial charge in [0.25, 0.3) is 0 Å². The van der Waals surface area contributed by atoms with Gasteiger partial charge in [-0.15, -0.1) is 0 Å². The highest BCUT2D eigenvalue weighted by atomic mass is 32.2. The van der Waals surface area contributed by atoms with Crippen LogP contribution in [0.3, 0.4) is 0 Å². The Morgan fingerprint density at radius 3 is 2.67 bits per heavy atom. The first-order valence-electron chi connectivity index (χ1n) is 4.71. The average molecular weight is 231 g/mol. The molecule has 0 aromatic carbocycles. The quantitative estimate of drug-likeness (QED) is 0.779. The Morgan fingerprint density at radius 1 is 1.53 bits per heavy atom. The standard InChI is InChI=1S/C8H13N3O3S/c1-5(15(2,12)13)7-10-8(14-11-7)6-3-9-4-6/h5-6,9H,3-4H2,1-2H3. The van der Waals surface area contributed by atoms with Crippen molar-refractivity contribution in [3.05, 3.63) is 11.7 Å². The molecule has 1 saturated heterocycles. The van der Waals surface area contributed by atoms with Crippen LogP contribution in [0.2, 0.25) is 0 Å². The molecule has 1 aromatic rings. The number of nitrogens with one attached hydrogen (secondary N) is 1. The van der Waals surface area contributed by atoms with Crippen molar-refractivity contribution in [1.82, 2.24) is 15.5 Å². The molecule has 1 aliphatic rings. The van der Waals surface area contributed by atoms with Gasteiger partial charge in [0.1, 0.15) is 5.25 Å². The maximum absolute atomic E-state index is 11.3. The number of hydrogen-bond donors (Lipinski definition) is 1. The lowest BCUT2D eigenvalue weighted by Gasteiger charge is -2.22. The Bertz CT molecular complexity index is 449. The van der Waals surface area contributed by atoms with E-state index in [9.17, 15) is 8.42 Å². The molecule has 6 nitrogen and oxygen atoms in total. The second-order valence-corrected chi connectivity index (χ2v) is 6.18. The summed E-state index contributed by atoms with van der Waals surface area (Å²) in [7, 11) is -3.16. The fourth-order valence-electron chi connectivity index (χ4n) is 1.23. The van der Waals surface area contributed by atoms with Crippen LogP contribution >= 0.6 is 0 Å². The van der Waals surface area contributed by atoms with Gasteiger partial charge in [0.2, 0.25) is 5.89 Å². The lowest BCUT2D eigenvalue weighted by atomic mass is 10.0. The Morgan fingerprint density at radius 2 is 2.20 bits per heavy atom. The predicted molar refractivity (Wildman–Crippen MR) is 53.2 cm³/mol. The summed E-state index contributed by atoms with van der Waals surface area (Å²) in [5.41, 5.74) is 0. The summed E-state index contributed by atoms with van der Waals surface area (Å²) >= 11 is 0. The summed E-state index contributed by atoms with van der Waals surface area (Å²) in [6.07, 6.45) is 1.17. The summed E-state index contributed by atoms with van der Waals surface area (Å²) in [4.78, 5) is 4.10. The highest BCUT2D eigenvalue weighted by molar-refractivity contribution is 7.90. The molecule has 1 unspecified atom stereocenters. The van der Waals surface area contributed by atoms with Crippen molar-refractivity contribution in [3.63, 3.8) is 0 Å². The molecule has 0 amide bonds. The molecule has 1 aliphatic heterocycles. The van der Waals surface area contributed by atoms with Crippen molar-refractivity contribution in [2.75, 3.05) is 19.3 Å². The molecule has 0 radical (unpaired) electrons. The normalized spacial score (nSPS) is 19.9. The molecule has 0 aliphatic carbocycles. The van der Waals surface area contributed by atoms with E-state index in [0.29, 0.717) is 5.89 Å². The summed E-state index contributed by atoms with van der Waals surface area (Å²) in [6, 6.07) is 0. The molecule has 15 heavy (non-hydrogen) atoms. The molecule has 0 saturated carbocycles. The molecule has 0 spiro atoms. The minimum absolute atomic E-state index is 0.234. The van der Waals surface area contributed by atoms with Gasteiger partial charge in [-0.2, -0.15) is 4.98 Å². The van der Waals surface area contributed by atoms with Crippen molar-refractivity contribution in [1.29, 1.82) is 0 Å². The van der Waals surface area contributed by atoms with E-state index >= 15 is 0 Å². The van der Waals surface area contributed by atoms with Gasteiger partial charge in [-0.1, -0.05) is 5.16 Å². The van der Waals surface area contributed by atoms with Gasteiger partial charge >= 0.3 is 0 Å². The largest absolute Gasteiger partial charge is 0.339 e. The Labute approximate surface area is 88.0 Å². The van der Waals surface area contributed by atoms with E-state index in [1.807, 2.05) is 0 Å². The molecule has 1 aromatic heterocycles. The Hall–Kier alpha value is -0.950.